The van der Waals surface area contributed by atoms with Gasteiger partial charge in [-0.2, -0.15) is 17.4 Å². The van der Waals surface area contributed by atoms with Crippen LogP contribution in [-0.4, -0.2) is 45.0 Å². The van der Waals surface area contributed by atoms with Crippen molar-refractivity contribution in [2.24, 2.45) is 5.41 Å². The zero-order chi connectivity index (χ0) is 12.2. The molecule has 2 bridgehead atoms. The lowest BCUT2D eigenvalue weighted by atomic mass is 9.78. The quantitative estimate of drug-likeness (QED) is 0.659. The highest BCUT2D eigenvalue weighted by molar-refractivity contribution is 7.91. The van der Waals surface area contributed by atoms with Crippen molar-refractivity contribution >= 4 is 17.2 Å². The highest BCUT2D eigenvalue weighted by atomic mass is 32.2. The van der Waals surface area contributed by atoms with E-state index < -0.39 is 28.1 Å². The van der Waals surface area contributed by atoms with E-state index in [1.54, 1.807) is 6.92 Å². The maximum absolute atomic E-state index is 12.4. The number of nitrogens with one attached hydrogen (secondary N) is 1. The van der Waals surface area contributed by atoms with Crippen molar-refractivity contribution < 1.29 is 26.2 Å². The minimum Gasteiger partial charge on any atom is -0.407 e. The van der Waals surface area contributed by atoms with Gasteiger partial charge in [0.15, 0.2) is 0 Å². The fraction of sp³-hybridized carbons (Fsp3) is 1.00. The number of fused-ring (bicyclic) bond motifs is 3. The molecule has 5 nitrogen and oxygen atoms in total. The number of nitrogens with zero attached hydrogens (tertiary/aromatic N) is 1. The first-order chi connectivity index (χ1) is 7.16. The Kier molecular flexibility index (Phi) is 2.54. The second kappa shape index (κ2) is 3.34. The fourth-order valence-corrected chi connectivity index (χ4v) is 2.95. The molecule has 0 spiro atoms. The summed E-state index contributed by atoms with van der Waals surface area (Å²) in [6, 6.07) is 0. The summed E-state index contributed by atoms with van der Waals surface area (Å²) in [6.07, 6.45) is 0. The van der Waals surface area contributed by atoms with Crippen LogP contribution in [0.4, 0.5) is 13.2 Å². The van der Waals surface area contributed by atoms with Crippen LogP contribution < -0.4 is 5.23 Å². The minimum absolute atomic E-state index is 0.174. The van der Waals surface area contributed by atoms with Gasteiger partial charge in [0, 0.05) is 18.6 Å². The SMILES string of the molecule is CC12CNB(OC1)N(S(=O)(=O)C(F)(F)F)C2. The van der Waals surface area contributed by atoms with E-state index in [1.165, 1.54) is 0 Å². The van der Waals surface area contributed by atoms with Crippen molar-refractivity contribution in [1.29, 1.82) is 0 Å². The molecule has 92 valence electrons. The van der Waals surface area contributed by atoms with Gasteiger partial charge in [-0.3, -0.25) is 0 Å². The molecular formula is C6H10BF3N2O3S. The number of halogens is 3. The number of sulfonamides is 1. The molecule has 3 aliphatic rings. The van der Waals surface area contributed by atoms with Crippen LogP contribution in [0, 0.1) is 5.41 Å². The molecule has 0 aromatic heterocycles. The van der Waals surface area contributed by atoms with Crippen LogP contribution in [0.15, 0.2) is 0 Å². The van der Waals surface area contributed by atoms with Crippen molar-refractivity contribution in [2.45, 2.75) is 12.4 Å². The van der Waals surface area contributed by atoms with Crippen molar-refractivity contribution in [2.75, 3.05) is 19.7 Å². The average molecular weight is 258 g/mol. The molecule has 10 heteroatoms. The topological polar surface area (TPSA) is 58.6 Å². The van der Waals surface area contributed by atoms with Crippen LogP contribution in [0.1, 0.15) is 6.92 Å². The van der Waals surface area contributed by atoms with Crippen molar-refractivity contribution in [1.82, 2.24) is 9.44 Å². The third kappa shape index (κ3) is 1.73. The summed E-state index contributed by atoms with van der Waals surface area (Å²) < 4.78 is 64.8. The van der Waals surface area contributed by atoms with Gasteiger partial charge in [-0.05, 0) is 6.54 Å². The summed E-state index contributed by atoms with van der Waals surface area (Å²) in [5, 5.41) is 2.61. The monoisotopic (exact) mass is 258 g/mol. The molecule has 1 atom stereocenters. The van der Waals surface area contributed by atoms with Crippen molar-refractivity contribution in [3.05, 3.63) is 0 Å². The number of hydrogen-bond donors (Lipinski definition) is 1. The van der Waals surface area contributed by atoms with Gasteiger partial charge in [-0.1, -0.05) is 6.92 Å². The molecule has 0 aromatic rings. The van der Waals surface area contributed by atoms with Gasteiger partial charge in [-0.25, -0.2) is 8.42 Å². The lowest BCUT2D eigenvalue weighted by Gasteiger charge is -2.48. The molecule has 3 fully saturated rings. The predicted octanol–water partition coefficient (Wildman–Crippen LogP) is -0.237. The summed E-state index contributed by atoms with van der Waals surface area (Å²) in [5.41, 5.74) is -5.89. The zero-order valence-electron chi connectivity index (χ0n) is 8.41. The van der Waals surface area contributed by atoms with Gasteiger partial charge in [-0.15, -0.1) is 0 Å². The smallest absolute Gasteiger partial charge is 0.407 e. The molecule has 3 rings (SSSR count). The van der Waals surface area contributed by atoms with E-state index >= 15 is 0 Å². The third-order valence-electron chi connectivity index (χ3n) is 2.69. The lowest BCUT2D eigenvalue weighted by Crippen LogP contribution is -2.72. The Morgan fingerprint density at radius 1 is 1.50 bits per heavy atom. The number of rotatable bonds is 1. The Morgan fingerprint density at radius 2 is 2.12 bits per heavy atom. The van der Waals surface area contributed by atoms with E-state index in [0.29, 0.717) is 10.8 Å². The third-order valence-corrected chi connectivity index (χ3v) is 4.22. The van der Waals surface area contributed by atoms with Gasteiger partial charge in [0.25, 0.3) is 0 Å². The van der Waals surface area contributed by atoms with Crippen molar-refractivity contribution in [3.63, 3.8) is 0 Å². The predicted molar refractivity (Wildman–Crippen MR) is 49.5 cm³/mol. The summed E-state index contributed by atoms with van der Waals surface area (Å²) in [4.78, 5) is 0. The summed E-state index contributed by atoms with van der Waals surface area (Å²) in [5.74, 6) is 0. The highest BCUT2D eigenvalue weighted by Crippen LogP contribution is 2.35. The highest BCUT2D eigenvalue weighted by Gasteiger charge is 2.59. The average Bonchev–Trinajstić information content (AvgIpc) is 2.16. The molecule has 0 aliphatic carbocycles. The number of alkyl halides is 3. The van der Waals surface area contributed by atoms with Crippen LogP contribution in [-0.2, 0) is 14.7 Å². The van der Waals surface area contributed by atoms with E-state index in [-0.39, 0.29) is 13.2 Å². The molecule has 0 aromatic carbocycles. The Hall–Kier alpha value is -0.315. The summed E-state index contributed by atoms with van der Waals surface area (Å²) >= 11 is 0. The molecule has 3 aliphatic heterocycles. The maximum Gasteiger partial charge on any atom is 0.510 e. The zero-order valence-corrected chi connectivity index (χ0v) is 9.23. The van der Waals surface area contributed by atoms with Gasteiger partial charge in [0.2, 0.25) is 0 Å². The summed E-state index contributed by atoms with van der Waals surface area (Å²) in [7, 11) is -6.52. The van der Waals surface area contributed by atoms with Crippen LogP contribution >= 0.6 is 0 Å². The van der Waals surface area contributed by atoms with Crippen LogP contribution in [0.25, 0.3) is 0 Å². The Bertz CT molecular complexity index is 390. The van der Waals surface area contributed by atoms with Crippen LogP contribution in [0.5, 0.6) is 0 Å². The molecule has 0 radical (unpaired) electrons. The molecule has 3 saturated heterocycles. The Morgan fingerprint density at radius 3 is 2.50 bits per heavy atom. The van der Waals surface area contributed by atoms with E-state index in [9.17, 15) is 21.6 Å². The molecule has 0 saturated carbocycles. The molecular weight excluding hydrogens is 248 g/mol. The molecule has 0 amide bonds. The van der Waals surface area contributed by atoms with Gasteiger partial charge in [0.1, 0.15) is 0 Å². The Labute approximate surface area is 91.1 Å². The first-order valence-electron chi connectivity index (χ1n) is 4.59. The summed E-state index contributed by atoms with van der Waals surface area (Å²) in [6.45, 7) is 2.21. The largest absolute Gasteiger partial charge is 0.510 e. The fourth-order valence-electron chi connectivity index (χ4n) is 1.81. The standard InChI is InChI=1S/C6H10BF3N2O3S/c1-5-2-11-7(15-4-5)12(3-5)16(13,14)6(8,9)10/h11H,2-4H2,1H3. The maximum atomic E-state index is 12.4. The minimum atomic E-state index is -5.32. The first kappa shape index (κ1) is 12.2. The van der Waals surface area contributed by atoms with Gasteiger partial charge < -0.3 is 9.88 Å². The van der Waals surface area contributed by atoms with E-state index in [0.717, 1.165) is 0 Å². The van der Waals surface area contributed by atoms with Gasteiger partial charge >= 0.3 is 22.7 Å². The molecule has 3 heterocycles. The van der Waals surface area contributed by atoms with E-state index in [4.69, 9.17) is 4.65 Å². The van der Waals surface area contributed by atoms with Crippen LogP contribution in [0.3, 0.4) is 0 Å². The second-order valence-electron chi connectivity index (χ2n) is 4.35. The second-order valence-corrected chi connectivity index (χ2v) is 6.23. The molecule has 1 unspecified atom stereocenters. The van der Waals surface area contributed by atoms with Gasteiger partial charge in [0.05, 0.1) is 0 Å². The van der Waals surface area contributed by atoms with Crippen LogP contribution in [0.2, 0.25) is 0 Å². The normalized spacial score (nSPS) is 32.1. The van der Waals surface area contributed by atoms with E-state index in [1.807, 2.05) is 0 Å². The Balaban J connectivity index is 2.30. The lowest BCUT2D eigenvalue weighted by molar-refractivity contribution is -0.0507. The first-order valence-corrected chi connectivity index (χ1v) is 6.03. The number of hydrogen-bond acceptors (Lipinski definition) is 4. The van der Waals surface area contributed by atoms with Crippen molar-refractivity contribution in [3.8, 4) is 0 Å². The molecule has 16 heavy (non-hydrogen) atoms. The molecule has 1 N–H and O–H groups in total. The van der Waals surface area contributed by atoms with E-state index in [2.05, 4.69) is 5.23 Å².